The maximum atomic E-state index is 8.79. The maximum Gasteiger partial charge on any atom is 0.206 e. The first-order chi connectivity index (χ1) is 9.70. The summed E-state index contributed by atoms with van der Waals surface area (Å²) in [5, 5.41) is 11.8. The van der Waals surface area contributed by atoms with Crippen LogP contribution in [0.25, 0.3) is 16.9 Å². The minimum Gasteiger partial charge on any atom is -0.409 e. The van der Waals surface area contributed by atoms with Crippen molar-refractivity contribution in [3.8, 4) is 5.82 Å². The Morgan fingerprint density at radius 3 is 2.65 bits per heavy atom. The molecule has 0 spiro atoms. The molecule has 2 aromatic heterocycles. The summed E-state index contributed by atoms with van der Waals surface area (Å²) in [6, 6.07) is 7.59. The summed E-state index contributed by atoms with van der Waals surface area (Å²) >= 11 is 0. The van der Waals surface area contributed by atoms with Crippen molar-refractivity contribution in [2.75, 3.05) is 0 Å². The molecule has 7 nitrogen and oxygen atoms in total. The minimum absolute atomic E-state index is 0.0793. The fourth-order valence-electron chi connectivity index (χ4n) is 2.02. The lowest BCUT2D eigenvalue weighted by molar-refractivity contribution is 0.318. The van der Waals surface area contributed by atoms with Gasteiger partial charge in [-0.1, -0.05) is 17.3 Å². The van der Waals surface area contributed by atoms with Crippen molar-refractivity contribution in [2.45, 2.75) is 6.92 Å². The van der Waals surface area contributed by atoms with E-state index >= 15 is 0 Å². The third kappa shape index (κ3) is 1.85. The lowest BCUT2D eigenvalue weighted by Crippen LogP contribution is -2.20. The Hall–Kier alpha value is -2.96. The van der Waals surface area contributed by atoms with E-state index < -0.39 is 0 Å². The lowest BCUT2D eigenvalue weighted by Gasteiger charge is -2.09. The van der Waals surface area contributed by atoms with E-state index in [0.717, 1.165) is 16.7 Å². The average Bonchev–Trinajstić information content (AvgIpc) is 2.95. The fraction of sp³-hybridized carbons (Fsp3) is 0.0769. The van der Waals surface area contributed by atoms with Gasteiger partial charge in [-0.3, -0.25) is 4.57 Å². The number of aryl methyl sites for hydroxylation is 1. The Morgan fingerprint density at radius 1 is 1.25 bits per heavy atom. The highest BCUT2D eigenvalue weighted by Crippen LogP contribution is 2.16. The molecule has 3 N–H and O–H groups in total. The van der Waals surface area contributed by atoms with Gasteiger partial charge < -0.3 is 10.9 Å². The SMILES string of the molecule is Cc1nc2ccccc2nc1-n1ccnc1/C(N)=N/O. The molecule has 0 fully saturated rings. The van der Waals surface area contributed by atoms with Crippen molar-refractivity contribution >= 4 is 16.9 Å². The van der Waals surface area contributed by atoms with Gasteiger partial charge in [0.1, 0.15) is 0 Å². The number of para-hydroxylation sites is 2. The number of fused-ring (bicyclic) bond motifs is 1. The smallest absolute Gasteiger partial charge is 0.206 e. The van der Waals surface area contributed by atoms with Crippen molar-refractivity contribution in [1.29, 1.82) is 0 Å². The quantitative estimate of drug-likeness (QED) is 0.315. The molecule has 3 rings (SSSR count). The summed E-state index contributed by atoms with van der Waals surface area (Å²) in [5.41, 5.74) is 7.93. The van der Waals surface area contributed by atoms with E-state index in [4.69, 9.17) is 10.9 Å². The fourth-order valence-corrected chi connectivity index (χ4v) is 2.02. The van der Waals surface area contributed by atoms with Crippen molar-refractivity contribution in [3.05, 3.63) is 48.2 Å². The molecule has 1 aromatic carbocycles. The van der Waals surface area contributed by atoms with Crippen molar-refractivity contribution < 1.29 is 5.21 Å². The lowest BCUT2D eigenvalue weighted by atomic mass is 10.3. The molecule has 3 aromatic rings. The highest BCUT2D eigenvalue weighted by atomic mass is 16.4. The summed E-state index contributed by atoms with van der Waals surface area (Å²) in [4.78, 5) is 13.1. The van der Waals surface area contributed by atoms with Crippen LogP contribution < -0.4 is 5.73 Å². The molecule has 2 heterocycles. The maximum absolute atomic E-state index is 8.79. The summed E-state index contributed by atoms with van der Waals surface area (Å²) < 4.78 is 1.64. The van der Waals surface area contributed by atoms with Crippen LogP contribution in [0, 0.1) is 6.92 Å². The largest absolute Gasteiger partial charge is 0.409 e. The van der Waals surface area contributed by atoms with E-state index in [2.05, 4.69) is 20.1 Å². The Balaban J connectivity index is 2.25. The third-order valence-electron chi connectivity index (χ3n) is 2.93. The van der Waals surface area contributed by atoms with Gasteiger partial charge in [0.15, 0.2) is 11.6 Å². The van der Waals surface area contributed by atoms with Gasteiger partial charge in [0.05, 0.1) is 16.7 Å². The Labute approximate surface area is 114 Å². The van der Waals surface area contributed by atoms with Gasteiger partial charge in [-0.05, 0) is 19.1 Å². The van der Waals surface area contributed by atoms with E-state index in [0.29, 0.717) is 11.6 Å². The number of nitrogens with zero attached hydrogens (tertiary/aromatic N) is 5. The predicted molar refractivity (Wildman–Crippen MR) is 73.9 cm³/mol. The van der Waals surface area contributed by atoms with Crippen molar-refractivity contribution in [2.24, 2.45) is 10.9 Å². The number of amidine groups is 1. The predicted octanol–water partition coefficient (Wildman–Crippen LogP) is 1.22. The third-order valence-corrected chi connectivity index (χ3v) is 2.93. The van der Waals surface area contributed by atoms with Crippen LogP contribution >= 0.6 is 0 Å². The molecule has 7 heteroatoms. The van der Waals surface area contributed by atoms with Gasteiger partial charge in [0, 0.05) is 12.4 Å². The summed E-state index contributed by atoms with van der Waals surface area (Å²) in [7, 11) is 0. The average molecular weight is 268 g/mol. The zero-order valence-corrected chi connectivity index (χ0v) is 10.7. The Morgan fingerprint density at radius 2 is 1.95 bits per heavy atom. The van der Waals surface area contributed by atoms with Crippen molar-refractivity contribution in [3.63, 3.8) is 0 Å². The van der Waals surface area contributed by atoms with Crippen LogP contribution in [-0.2, 0) is 0 Å². The van der Waals surface area contributed by atoms with E-state index in [1.54, 1.807) is 17.0 Å². The number of hydrogen-bond acceptors (Lipinski definition) is 5. The summed E-state index contributed by atoms with van der Waals surface area (Å²) in [6.07, 6.45) is 3.25. The van der Waals surface area contributed by atoms with Gasteiger partial charge >= 0.3 is 0 Å². The van der Waals surface area contributed by atoms with E-state index in [1.807, 2.05) is 31.2 Å². The van der Waals surface area contributed by atoms with Gasteiger partial charge in [-0.25, -0.2) is 15.0 Å². The van der Waals surface area contributed by atoms with Crippen LogP contribution in [0.5, 0.6) is 0 Å². The van der Waals surface area contributed by atoms with Gasteiger partial charge in [0.2, 0.25) is 5.84 Å². The zero-order valence-electron chi connectivity index (χ0n) is 10.7. The minimum atomic E-state index is -0.0793. The molecule has 0 atom stereocenters. The molecule has 0 bridgehead atoms. The number of nitrogens with two attached hydrogens (primary N) is 1. The molecule has 0 saturated carbocycles. The molecule has 20 heavy (non-hydrogen) atoms. The summed E-state index contributed by atoms with van der Waals surface area (Å²) in [6.45, 7) is 1.85. The second-order valence-corrected chi connectivity index (χ2v) is 4.23. The zero-order chi connectivity index (χ0) is 14.1. The van der Waals surface area contributed by atoms with Gasteiger partial charge in [-0.15, -0.1) is 0 Å². The standard InChI is InChI=1S/C13H12N6O/c1-8-12(17-10-5-3-2-4-9(10)16-8)19-7-6-15-13(19)11(14)18-20/h2-7,20H,1H3,(H2,14,18). The molecule has 0 unspecified atom stereocenters. The topological polar surface area (TPSA) is 102 Å². The van der Waals surface area contributed by atoms with E-state index in [-0.39, 0.29) is 5.84 Å². The number of imidazole rings is 1. The molecule has 0 aliphatic heterocycles. The van der Waals surface area contributed by atoms with Crippen LogP contribution in [0.1, 0.15) is 11.5 Å². The molecule has 100 valence electrons. The van der Waals surface area contributed by atoms with Crippen LogP contribution in [0.15, 0.2) is 41.8 Å². The number of hydrogen-bond donors (Lipinski definition) is 2. The van der Waals surface area contributed by atoms with Gasteiger partial charge in [0.25, 0.3) is 0 Å². The highest BCUT2D eigenvalue weighted by Gasteiger charge is 2.14. The normalized spacial score (nSPS) is 11.9. The van der Waals surface area contributed by atoms with Crippen molar-refractivity contribution in [1.82, 2.24) is 19.5 Å². The molecule has 0 aliphatic rings. The molecule has 0 amide bonds. The van der Waals surface area contributed by atoms with E-state index in [9.17, 15) is 0 Å². The molecular formula is C13H12N6O. The highest BCUT2D eigenvalue weighted by molar-refractivity contribution is 5.94. The first-order valence-corrected chi connectivity index (χ1v) is 5.95. The van der Waals surface area contributed by atoms with Crippen LogP contribution in [0.4, 0.5) is 0 Å². The van der Waals surface area contributed by atoms with Crippen LogP contribution in [0.3, 0.4) is 0 Å². The van der Waals surface area contributed by atoms with Crippen LogP contribution in [-0.4, -0.2) is 30.6 Å². The number of benzene rings is 1. The Kier molecular flexibility index (Phi) is 2.79. The summed E-state index contributed by atoms with van der Waals surface area (Å²) in [5.74, 6) is 0.840. The molecule has 0 aliphatic carbocycles. The second-order valence-electron chi connectivity index (χ2n) is 4.23. The Bertz CT molecular complexity index is 807. The molecule has 0 saturated heterocycles. The van der Waals surface area contributed by atoms with Crippen LogP contribution in [0.2, 0.25) is 0 Å². The molecular weight excluding hydrogens is 256 g/mol. The number of aromatic nitrogens is 4. The first-order valence-electron chi connectivity index (χ1n) is 5.95. The monoisotopic (exact) mass is 268 g/mol. The van der Waals surface area contributed by atoms with E-state index in [1.165, 1.54) is 0 Å². The first kappa shape index (κ1) is 12.1. The number of oxime groups is 1. The second kappa shape index (κ2) is 4.61. The number of rotatable bonds is 2. The molecule has 0 radical (unpaired) electrons. The van der Waals surface area contributed by atoms with Gasteiger partial charge in [-0.2, -0.15) is 0 Å².